The van der Waals surface area contributed by atoms with Gasteiger partial charge in [0.25, 0.3) is 0 Å². The maximum atomic E-state index is 3.71. The molecule has 1 aromatic carbocycles. The first-order valence-electron chi connectivity index (χ1n) is 4.50. The van der Waals surface area contributed by atoms with Gasteiger partial charge in [0.05, 0.1) is 0 Å². The van der Waals surface area contributed by atoms with Crippen LogP contribution in [0, 0.1) is 6.92 Å². The van der Waals surface area contributed by atoms with Gasteiger partial charge in [0, 0.05) is 0 Å². The summed E-state index contributed by atoms with van der Waals surface area (Å²) in [5.74, 6) is 0. The number of hydrogen-bond acceptors (Lipinski definition) is 0. The van der Waals surface area contributed by atoms with Crippen molar-refractivity contribution >= 4 is 0 Å². The predicted molar refractivity (Wildman–Crippen MR) is 54.3 cm³/mol. The lowest BCUT2D eigenvalue weighted by molar-refractivity contribution is 0.839. The molecule has 0 radical (unpaired) electrons. The zero-order valence-electron chi connectivity index (χ0n) is 7.72. The van der Waals surface area contributed by atoms with Crippen LogP contribution in [-0.4, -0.2) is 0 Å². The van der Waals surface area contributed by atoms with Crippen molar-refractivity contribution < 1.29 is 0 Å². The molecule has 0 heterocycles. The average molecular weight is 160 g/mol. The molecule has 0 spiro atoms. The predicted octanol–water partition coefficient (Wildman–Crippen LogP) is 3.50. The summed E-state index contributed by atoms with van der Waals surface area (Å²) in [5.41, 5.74) is 2.88. The Balaban J connectivity index is 2.51. The number of allylic oxidation sites excluding steroid dienone is 1. The van der Waals surface area contributed by atoms with Gasteiger partial charge in [-0.1, -0.05) is 30.3 Å². The summed E-state index contributed by atoms with van der Waals surface area (Å²) in [6.07, 6.45) is 5.50. The molecule has 0 bridgehead atoms. The topological polar surface area (TPSA) is 0 Å². The molecule has 0 saturated heterocycles. The number of unbranched alkanes of at least 4 members (excludes halogenated alkanes) is 1. The van der Waals surface area contributed by atoms with Crippen molar-refractivity contribution in [1.82, 2.24) is 0 Å². The quantitative estimate of drug-likeness (QED) is 0.467. The van der Waals surface area contributed by atoms with Crippen LogP contribution < -0.4 is 0 Å². The van der Waals surface area contributed by atoms with E-state index in [1.165, 1.54) is 24.0 Å². The Morgan fingerprint density at radius 3 is 2.75 bits per heavy atom. The second kappa shape index (κ2) is 4.76. The molecule has 12 heavy (non-hydrogen) atoms. The minimum absolute atomic E-state index is 1.12. The second-order valence-corrected chi connectivity index (χ2v) is 3.11. The smallest absolute Gasteiger partial charge is 0.0273 e. The molecular weight excluding hydrogens is 144 g/mol. The van der Waals surface area contributed by atoms with Gasteiger partial charge < -0.3 is 0 Å². The molecule has 0 atom stereocenters. The third kappa shape index (κ3) is 2.54. The first-order chi connectivity index (χ1) is 5.84. The van der Waals surface area contributed by atoms with Gasteiger partial charge in [0.2, 0.25) is 0 Å². The maximum absolute atomic E-state index is 3.71. The van der Waals surface area contributed by atoms with E-state index in [0.717, 1.165) is 6.42 Å². The normalized spacial score (nSPS) is 9.75. The molecule has 0 aliphatic rings. The first-order valence-corrected chi connectivity index (χ1v) is 4.50. The summed E-state index contributed by atoms with van der Waals surface area (Å²) >= 11 is 0. The lowest BCUT2D eigenvalue weighted by Gasteiger charge is -2.02. The molecular formula is C12H16. The largest absolute Gasteiger partial charge is 0.103 e. The van der Waals surface area contributed by atoms with E-state index in [0.29, 0.717) is 0 Å². The Kier molecular flexibility index (Phi) is 3.59. The van der Waals surface area contributed by atoms with Gasteiger partial charge in [-0.2, -0.15) is 0 Å². The van der Waals surface area contributed by atoms with Gasteiger partial charge in [-0.3, -0.25) is 0 Å². The van der Waals surface area contributed by atoms with E-state index in [4.69, 9.17) is 0 Å². The summed E-state index contributed by atoms with van der Waals surface area (Å²) in [6, 6.07) is 8.57. The van der Waals surface area contributed by atoms with E-state index in [9.17, 15) is 0 Å². The van der Waals surface area contributed by atoms with Gasteiger partial charge in [-0.05, 0) is 37.3 Å². The summed E-state index contributed by atoms with van der Waals surface area (Å²) in [5, 5.41) is 0. The Labute approximate surface area is 74.9 Å². The summed E-state index contributed by atoms with van der Waals surface area (Å²) in [7, 11) is 0. The summed E-state index contributed by atoms with van der Waals surface area (Å²) in [6.45, 7) is 5.88. The molecule has 0 aromatic heterocycles. The standard InChI is InChI=1S/C12H16/c1-3-4-5-9-12-10-7-6-8-11(12)2/h3,6-8,10H,1,4-5,9H2,2H3. The highest BCUT2D eigenvalue weighted by Crippen LogP contribution is 2.10. The Bertz CT molecular complexity index is 248. The van der Waals surface area contributed by atoms with Crippen molar-refractivity contribution in [3.63, 3.8) is 0 Å². The lowest BCUT2D eigenvalue weighted by atomic mass is 10.0. The molecule has 0 nitrogen and oxygen atoms in total. The van der Waals surface area contributed by atoms with Gasteiger partial charge >= 0.3 is 0 Å². The van der Waals surface area contributed by atoms with E-state index < -0.39 is 0 Å². The van der Waals surface area contributed by atoms with Crippen LogP contribution in [0.1, 0.15) is 24.0 Å². The fourth-order valence-corrected chi connectivity index (χ4v) is 1.33. The van der Waals surface area contributed by atoms with E-state index in [1.807, 2.05) is 6.08 Å². The van der Waals surface area contributed by atoms with Gasteiger partial charge in [-0.15, -0.1) is 6.58 Å². The van der Waals surface area contributed by atoms with Crippen LogP contribution in [0.25, 0.3) is 0 Å². The Hall–Kier alpha value is -1.04. The van der Waals surface area contributed by atoms with Crippen molar-refractivity contribution in [3.05, 3.63) is 48.0 Å². The van der Waals surface area contributed by atoms with Crippen LogP contribution in [-0.2, 0) is 6.42 Å². The lowest BCUT2D eigenvalue weighted by Crippen LogP contribution is -1.87. The van der Waals surface area contributed by atoms with Crippen LogP contribution in [0.3, 0.4) is 0 Å². The summed E-state index contributed by atoms with van der Waals surface area (Å²) in [4.78, 5) is 0. The van der Waals surface area contributed by atoms with Crippen molar-refractivity contribution in [2.45, 2.75) is 26.2 Å². The minimum atomic E-state index is 1.12. The van der Waals surface area contributed by atoms with Crippen molar-refractivity contribution in [1.29, 1.82) is 0 Å². The van der Waals surface area contributed by atoms with Gasteiger partial charge in [-0.25, -0.2) is 0 Å². The van der Waals surface area contributed by atoms with Crippen LogP contribution in [0.15, 0.2) is 36.9 Å². The SMILES string of the molecule is C=CCCCc1ccccc1C. The van der Waals surface area contributed by atoms with E-state index in [2.05, 4.69) is 37.8 Å². The van der Waals surface area contributed by atoms with Crippen LogP contribution in [0.2, 0.25) is 0 Å². The average Bonchev–Trinajstić information content (AvgIpc) is 2.09. The maximum Gasteiger partial charge on any atom is -0.0273 e. The van der Waals surface area contributed by atoms with Gasteiger partial charge in [0.15, 0.2) is 0 Å². The van der Waals surface area contributed by atoms with Crippen molar-refractivity contribution in [3.8, 4) is 0 Å². The Morgan fingerprint density at radius 1 is 1.33 bits per heavy atom. The molecule has 0 N–H and O–H groups in total. The Morgan fingerprint density at radius 2 is 2.08 bits per heavy atom. The molecule has 64 valence electrons. The highest BCUT2D eigenvalue weighted by Gasteiger charge is 1.94. The molecule has 0 amide bonds. The number of hydrogen-bond donors (Lipinski definition) is 0. The molecule has 1 aromatic rings. The zero-order valence-corrected chi connectivity index (χ0v) is 7.72. The van der Waals surface area contributed by atoms with E-state index in [1.54, 1.807) is 0 Å². The van der Waals surface area contributed by atoms with Crippen molar-refractivity contribution in [2.75, 3.05) is 0 Å². The monoisotopic (exact) mass is 160 g/mol. The molecule has 0 fully saturated rings. The highest BCUT2D eigenvalue weighted by molar-refractivity contribution is 5.25. The fourth-order valence-electron chi connectivity index (χ4n) is 1.33. The van der Waals surface area contributed by atoms with E-state index in [-0.39, 0.29) is 0 Å². The van der Waals surface area contributed by atoms with Crippen LogP contribution >= 0.6 is 0 Å². The molecule has 1 rings (SSSR count). The number of rotatable bonds is 4. The van der Waals surface area contributed by atoms with Crippen LogP contribution in [0.4, 0.5) is 0 Å². The zero-order chi connectivity index (χ0) is 8.81. The molecule has 0 saturated carbocycles. The molecule has 0 heteroatoms. The molecule has 0 unspecified atom stereocenters. The summed E-state index contributed by atoms with van der Waals surface area (Å²) < 4.78 is 0. The number of aryl methyl sites for hydroxylation is 2. The van der Waals surface area contributed by atoms with E-state index >= 15 is 0 Å². The third-order valence-electron chi connectivity index (χ3n) is 2.12. The second-order valence-electron chi connectivity index (χ2n) is 3.11. The molecule has 0 aliphatic carbocycles. The van der Waals surface area contributed by atoms with Gasteiger partial charge in [0.1, 0.15) is 0 Å². The minimum Gasteiger partial charge on any atom is -0.103 e. The van der Waals surface area contributed by atoms with Crippen LogP contribution in [0.5, 0.6) is 0 Å². The third-order valence-corrected chi connectivity index (χ3v) is 2.12. The van der Waals surface area contributed by atoms with Crippen molar-refractivity contribution in [2.24, 2.45) is 0 Å². The first kappa shape index (κ1) is 9.05. The number of benzene rings is 1. The molecule has 0 aliphatic heterocycles. The fraction of sp³-hybridized carbons (Fsp3) is 0.333. The highest BCUT2D eigenvalue weighted by atomic mass is 14.0.